The van der Waals surface area contributed by atoms with Crippen molar-refractivity contribution >= 4 is 23.7 Å². The van der Waals surface area contributed by atoms with Gasteiger partial charge in [0.25, 0.3) is 0 Å². The first kappa shape index (κ1) is 11.5. The highest BCUT2D eigenvalue weighted by Gasteiger charge is 2.02. The Kier molecular flexibility index (Phi) is 3.51. The standard InChI is InChI=1S/C12H17N3S/c1-14(9-16)6-5-10-3-4-12-11(7-10)13-8-15(12)2/h3-4,7-8,16H,5-6,9H2,1-2H3. The maximum Gasteiger partial charge on any atom is 0.0955 e. The Hall–Kier alpha value is -1.00. The number of benzene rings is 1. The molecule has 0 bridgehead atoms. The van der Waals surface area contributed by atoms with Crippen LogP contribution in [0.15, 0.2) is 24.5 Å². The second-order valence-electron chi connectivity index (χ2n) is 4.15. The Balaban J connectivity index is 2.14. The lowest BCUT2D eigenvalue weighted by molar-refractivity contribution is 0.399. The first-order valence-corrected chi connectivity index (χ1v) is 6.03. The summed E-state index contributed by atoms with van der Waals surface area (Å²) in [6, 6.07) is 6.48. The van der Waals surface area contributed by atoms with Gasteiger partial charge in [-0.05, 0) is 31.2 Å². The average molecular weight is 235 g/mol. The third-order valence-electron chi connectivity index (χ3n) is 2.81. The number of aryl methyl sites for hydroxylation is 1. The third-order valence-corrected chi connectivity index (χ3v) is 3.30. The average Bonchev–Trinajstić information content (AvgIpc) is 2.67. The molecule has 0 aliphatic rings. The molecule has 1 aromatic carbocycles. The Morgan fingerprint density at radius 1 is 1.44 bits per heavy atom. The monoisotopic (exact) mass is 235 g/mol. The summed E-state index contributed by atoms with van der Waals surface area (Å²) in [6.45, 7) is 1.03. The summed E-state index contributed by atoms with van der Waals surface area (Å²) in [5.74, 6) is 0.797. The molecule has 0 unspecified atom stereocenters. The van der Waals surface area contributed by atoms with Gasteiger partial charge in [0.05, 0.1) is 17.4 Å². The number of likely N-dealkylation sites (N-methyl/N-ethyl adjacent to an activating group) is 1. The van der Waals surface area contributed by atoms with Crippen molar-refractivity contribution in [1.29, 1.82) is 0 Å². The van der Waals surface area contributed by atoms with E-state index in [1.54, 1.807) is 0 Å². The van der Waals surface area contributed by atoms with Crippen LogP contribution in [0.2, 0.25) is 0 Å². The van der Waals surface area contributed by atoms with Crippen LogP contribution in [-0.2, 0) is 13.5 Å². The van der Waals surface area contributed by atoms with Gasteiger partial charge in [0, 0.05) is 19.5 Å². The Labute approximate surface area is 101 Å². The fourth-order valence-electron chi connectivity index (χ4n) is 1.73. The van der Waals surface area contributed by atoms with Gasteiger partial charge in [-0.1, -0.05) is 6.07 Å². The predicted octanol–water partition coefficient (Wildman–Crippen LogP) is 1.93. The third kappa shape index (κ3) is 2.39. The summed E-state index contributed by atoms with van der Waals surface area (Å²) in [7, 11) is 4.09. The summed E-state index contributed by atoms with van der Waals surface area (Å²) in [5.41, 5.74) is 3.60. The molecule has 1 aromatic heterocycles. The van der Waals surface area contributed by atoms with E-state index in [1.165, 1.54) is 11.1 Å². The van der Waals surface area contributed by atoms with E-state index in [4.69, 9.17) is 0 Å². The van der Waals surface area contributed by atoms with Crippen molar-refractivity contribution in [3.8, 4) is 0 Å². The maximum atomic E-state index is 4.36. The van der Waals surface area contributed by atoms with Gasteiger partial charge in [-0.25, -0.2) is 4.98 Å². The van der Waals surface area contributed by atoms with Crippen molar-refractivity contribution in [3.05, 3.63) is 30.1 Å². The second-order valence-corrected chi connectivity index (χ2v) is 4.43. The number of thiol groups is 1. The van der Waals surface area contributed by atoms with Crippen LogP contribution in [0.3, 0.4) is 0 Å². The highest BCUT2D eigenvalue weighted by Crippen LogP contribution is 2.14. The van der Waals surface area contributed by atoms with Gasteiger partial charge in [0.2, 0.25) is 0 Å². The zero-order chi connectivity index (χ0) is 11.5. The molecule has 0 saturated heterocycles. The van der Waals surface area contributed by atoms with Crippen molar-refractivity contribution in [2.45, 2.75) is 6.42 Å². The molecule has 0 atom stereocenters. The molecule has 0 aliphatic carbocycles. The van der Waals surface area contributed by atoms with E-state index in [0.29, 0.717) is 0 Å². The second kappa shape index (κ2) is 4.89. The molecule has 0 aliphatic heterocycles. The summed E-state index contributed by atoms with van der Waals surface area (Å²) >= 11 is 4.23. The van der Waals surface area contributed by atoms with Crippen LogP contribution in [0.25, 0.3) is 11.0 Å². The van der Waals surface area contributed by atoms with Crippen molar-refractivity contribution in [1.82, 2.24) is 14.5 Å². The highest BCUT2D eigenvalue weighted by atomic mass is 32.1. The smallest absolute Gasteiger partial charge is 0.0955 e. The lowest BCUT2D eigenvalue weighted by Gasteiger charge is -2.12. The Morgan fingerprint density at radius 3 is 3.00 bits per heavy atom. The lowest BCUT2D eigenvalue weighted by atomic mass is 10.1. The van der Waals surface area contributed by atoms with E-state index in [2.05, 4.69) is 47.8 Å². The van der Waals surface area contributed by atoms with Gasteiger partial charge in [0.1, 0.15) is 0 Å². The molecule has 0 radical (unpaired) electrons. The van der Waals surface area contributed by atoms with Crippen LogP contribution >= 0.6 is 12.6 Å². The lowest BCUT2D eigenvalue weighted by Crippen LogP contribution is -2.19. The fraction of sp³-hybridized carbons (Fsp3) is 0.417. The normalized spacial score (nSPS) is 11.5. The molecule has 4 heteroatoms. The number of fused-ring (bicyclic) bond motifs is 1. The van der Waals surface area contributed by atoms with Gasteiger partial charge in [0.15, 0.2) is 0 Å². The van der Waals surface area contributed by atoms with Crippen molar-refractivity contribution < 1.29 is 0 Å². The van der Waals surface area contributed by atoms with E-state index in [-0.39, 0.29) is 0 Å². The van der Waals surface area contributed by atoms with E-state index >= 15 is 0 Å². The molecule has 0 amide bonds. The fourth-order valence-corrected chi connectivity index (χ4v) is 1.87. The summed E-state index contributed by atoms with van der Waals surface area (Å²) in [6.07, 6.45) is 2.90. The van der Waals surface area contributed by atoms with Gasteiger partial charge >= 0.3 is 0 Å². The van der Waals surface area contributed by atoms with E-state index in [0.717, 1.165) is 24.4 Å². The summed E-state index contributed by atoms with van der Waals surface area (Å²) in [4.78, 5) is 6.55. The van der Waals surface area contributed by atoms with Gasteiger partial charge < -0.3 is 4.57 Å². The molecule has 0 saturated carbocycles. The van der Waals surface area contributed by atoms with Crippen LogP contribution in [0, 0.1) is 0 Å². The first-order chi connectivity index (χ1) is 7.70. The van der Waals surface area contributed by atoms with Crippen LogP contribution in [0.5, 0.6) is 0 Å². The quantitative estimate of drug-likeness (QED) is 0.646. The number of nitrogens with zero attached hydrogens (tertiary/aromatic N) is 3. The molecule has 2 aromatic rings. The molecular formula is C12H17N3S. The molecule has 0 fully saturated rings. The molecule has 0 N–H and O–H groups in total. The number of imidazole rings is 1. The molecular weight excluding hydrogens is 218 g/mol. The molecule has 16 heavy (non-hydrogen) atoms. The van der Waals surface area contributed by atoms with Gasteiger partial charge in [-0.3, -0.25) is 4.90 Å². The summed E-state index contributed by atoms with van der Waals surface area (Å²) < 4.78 is 2.04. The molecule has 2 rings (SSSR count). The van der Waals surface area contributed by atoms with Crippen LogP contribution in [-0.4, -0.2) is 33.9 Å². The predicted molar refractivity (Wildman–Crippen MR) is 70.9 cm³/mol. The van der Waals surface area contributed by atoms with Crippen molar-refractivity contribution in [3.63, 3.8) is 0 Å². The zero-order valence-electron chi connectivity index (χ0n) is 9.72. The van der Waals surface area contributed by atoms with E-state index in [9.17, 15) is 0 Å². The topological polar surface area (TPSA) is 21.1 Å². The summed E-state index contributed by atoms with van der Waals surface area (Å²) in [5, 5.41) is 0. The number of rotatable bonds is 4. The van der Waals surface area contributed by atoms with Crippen LogP contribution in [0.1, 0.15) is 5.56 Å². The number of hydrogen-bond acceptors (Lipinski definition) is 3. The van der Waals surface area contributed by atoms with Crippen LogP contribution < -0.4 is 0 Å². The highest BCUT2D eigenvalue weighted by molar-refractivity contribution is 7.80. The largest absolute Gasteiger partial charge is 0.334 e. The van der Waals surface area contributed by atoms with Crippen molar-refractivity contribution in [2.24, 2.45) is 7.05 Å². The molecule has 0 spiro atoms. The van der Waals surface area contributed by atoms with Gasteiger partial charge in [-0.2, -0.15) is 12.6 Å². The minimum Gasteiger partial charge on any atom is -0.334 e. The van der Waals surface area contributed by atoms with E-state index < -0.39 is 0 Å². The van der Waals surface area contributed by atoms with Crippen molar-refractivity contribution in [2.75, 3.05) is 19.5 Å². The molecule has 3 nitrogen and oxygen atoms in total. The van der Waals surface area contributed by atoms with E-state index in [1.807, 2.05) is 17.9 Å². The minimum atomic E-state index is 0.797. The van der Waals surface area contributed by atoms with Gasteiger partial charge in [-0.15, -0.1) is 0 Å². The number of hydrogen-bond donors (Lipinski definition) is 1. The molecule has 86 valence electrons. The Bertz CT molecular complexity index is 478. The zero-order valence-corrected chi connectivity index (χ0v) is 10.6. The SMILES string of the molecule is CN(CS)CCc1ccc2c(c1)ncn2C. The number of aromatic nitrogens is 2. The first-order valence-electron chi connectivity index (χ1n) is 5.40. The molecule has 1 heterocycles. The van der Waals surface area contributed by atoms with Crippen LogP contribution in [0.4, 0.5) is 0 Å². The maximum absolute atomic E-state index is 4.36. The minimum absolute atomic E-state index is 0.797. The Morgan fingerprint density at radius 2 is 2.25 bits per heavy atom.